The summed E-state index contributed by atoms with van der Waals surface area (Å²) in [4.78, 5) is 92.9. The number of likely N-dealkylation sites (tertiary alicyclic amines) is 1. The predicted octanol–water partition coefficient (Wildman–Crippen LogP) is 1.38. The number of benzene rings is 2. The van der Waals surface area contributed by atoms with Crippen molar-refractivity contribution in [2.45, 2.75) is 109 Å². The van der Waals surface area contributed by atoms with Crippen molar-refractivity contribution in [1.29, 1.82) is 0 Å². The maximum absolute atomic E-state index is 13.9. The number of nitrogens with one attached hydrogen (secondary N) is 4. The lowest BCUT2D eigenvalue weighted by molar-refractivity contribution is -0.143. The zero-order valence-corrected chi connectivity index (χ0v) is 31.3. The number of nitrogens with two attached hydrogens (primary N) is 1. The van der Waals surface area contributed by atoms with Crippen LogP contribution in [0.5, 0.6) is 0 Å². The number of hydrogen-bond acceptors (Lipinski definition) is 8. The molecule has 8 N–H and O–H groups in total. The zero-order chi connectivity index (χ0) is 39.9. The van der Waals surface area contributed by atoms with Gasteiger partial charge in [0, 0.05) is 19.4 Å². The largest absolute Gasteiger partial charge is 0.481 e. The molecule has 1 aliphatic heterocycles. The van der Waals surface area contributed by atoms with Crippen molar-refractivity contribution in [3.8, 4) is 0 Å². The number of carboxylic acids is 2. The van der Waals surface area contributed by atoms with Crippen molar-refractivity contribution in [2.24, 2.45) is 17.6 Å². The Balaban J connectivity index is 1.81. The molecule has 0 bridgehead atoms. The SMILES string of the molecule is CC(C)C[C@H](NC(=O)[C@@H](NC(=O)C(Cc1ccccc1)NC(=O)[C@H](CCC(=O)O)NC(=O)[C@@H]1CCCN1C(=O)[C@@H](N)Cc1ccccc1)C(C)C)C(=O)O. The van der Waals surface area contributed by atoms with Crippen LogP contribution in [0, 0.1) is 11.8 Å². The van der Waals surface area contributed by atoms with E-state index in [0.29, 0.717) is 18.4 Å². The first-order chi connectivity index (χ1) is 25.6. The Bertz CT molecular complexity index is 1600. The van der Waals surface area contributed by atoms with Gasteiger partial charge in [0.05, 0.1) is 6.04 Å². The first-order valence-corrected chi connectivity index (χ1v) is 18.4. The molecule has 294 valence electrons. The van der Waals surface area contributed by atoms with Crippen molar-refractivity contribution in [2.75, 3.05) is 6.54 Å². The third-order valence-corrected chi connectivity index (χ3v) is 9.22. The van der Waals surface area contributed by atoms with Gasteiger partial charge in [-0.1, -0.05) is 88.4 Å². The molecule has 1 heterocycles. The maximum Gasteiger partial charge on any atom is 0.326 e. The number of hydrogen-bond donors (Lipinski definition) is 7. The number of carbonyl (C=O) groups excluding carboxylic acids is 5. The van der Waals surface area contributed by atoms with Gasteiger partial charge >= 0.3 is 11.9 Å². The Kier molecular flexibility index (Phi) is 16.6. The lowest BCUT2D eigenvalue weighted by Crippen LogP contribution is -2.60. The highest BCUT2D eigenvalue weighted by Crippen LogP contribution is 2.20. The maximum atomic E-state index is 13.9. The number of amides is 5. The van der Waals surface area contributed by atoms with Crippen molar-refractivity contribution in [3.63, 3.8) is 0 Å². The van der Waals surface area contributed by atoms with E-state index in [0.717, 1.165) is 5.56 Å². The molecule has 1 saturated heterocycles. The monoisotopic (exact) mass is 750 g/mol. The fourth-order valence-electron chi connectivity index (χ4n) is 6.35. The van der Waals surface area contributed by atoms with Gasteiger partial charge < -0.3 is 42.1 Å². The fourth-order valence-corrected chi connectivity index (χ4v) is 6.35. The van der Waals surface area contributed by atoms with Crippen LogP contribution in [-0.2, 0) is 46.4 Å². The standard InChI is InChI=1S/C39H54N6O9/c1-23(2)20-30(39(53)54)43-37(51)33(24(3)4)44-35(49)29(22-26-14-9-6-10-15-26)42-34(48)28(17-18-32(46)47)41-36(50)31-16-11-19-45(31)38(52)27(40)21-25-12-7-5-8-13-25/h5-10,12-15,23-24,27-31,33H,11,16-22,40H2,1-4H3,(H,41,50)(H,42,48)(H,43,51)(H,44,49)(H,46,47)(H,53,54)/t27-,28-,29?,30-,31-,33-/m0/s1. The Morgan fingerprint density at radius 3 is 1.83 bits per heavy atom. The molecule has 3 rings (SSSR count). The van der Waals surface area contributed by atoms with E-state index in [1.165, 1.54) is 4.90 Å². The molecule has 5 amide bonds. The van der Waals surface area contributed by atoms with Gasteiger partial charge in [-0.2, -0.15) is 0 Å². The van der Waals surface area contributed by atoms with E-state index in [1.54, 1.807) is 44.2 Å². The van der Waals surface area contributed by atoms with E-state index < -0.39 is 90.1 Å². The van der Waals surface area contributed by atoms with E-state index in [1.807, 2.05) is 44.2 Å². The van der Waals surface area contributed by atoms with Crippen molar-refractivity contribution >= 4 is 41.5 Å². The summed E-state index contributed by atoms with van der Waals surface area (Å²) in [6.45, 7) is 7.27. The Labute approximate surface area is 315 Å². The average molecular weight is 751 g/mol. The molecular formula is C39H54N6O9. The van der Waals surface area contributed by atoms with E-state index in [9.17, 15) is 43.8 Å². The van der Waals surface area contributed by atoms with Crippen LogP contribution in [0.3, 0.4) is 0 Å². The Hall–Kier alpha value is -5.31. The lowest BCUT2D eigenvalue weighted by atomic mass is 9.99. The highest BCUT2D eigenvalue weighted by Gasteiger charge is 2.38. The molecule has 1 unspecified atom stereocenters. The van der Waals surface area contributed by atoms with Crippen LogP contribution < -0.4 is 27.0 Å². The van der Waals surface area contributed by atoms with Gasteiger partial charge in [0.2, 0.25) is 29.5 Å². The van der Waals surface area contributed by atoms with Crippen LogP contribution in [0.4, 0.5) is 0 Å². The third-order valence-electron chi connectivity index (χ3n) is 9.22. The second-order valence-electron chi connectivity index (χ2n) is 14.5. The minimum Gasteiger partial charge on any atom is -0.481 e. The summed E-state index contributed by atoms with van der Waals surface area (Å²) in [5.41, 5.74) is 7.77. The third kappa shape index (κ3) is 13.3. The van der Waals surface area contributed by atoms with Gasteiger partial charge in [0.1, 0.15) is 30.2 Å². The van der Waals surface area contributed by atoms with Crippen LogP contribution in [-0.4, -0.2) is 99.4 Å². The Morgan fingerprint density at radius 1 is 0.741 bits per heavy atom. The molecule has 1 aliphatic rings. The topological polar surface area (TPSA) is 237 Å². The number of carbonyl (C=O) groups is 7. The first-order valence-electron chi connectivity index (χ1n) is 18.4. The second-order valence-corrected chi connectivity index (χ2v) is 14.5. The smallest absolute Gasteiger partial charge is 0.326 e. The molecule has 0 radical (unpaired) electrons. The van der Waals surface area contributed by atoms with E-state index in [2.05, 4.69) is 21.3 Å². The molecule has 0 aromatic heterocycles. The quantitative estimate of drug-likeness (QED) is 0.103. The number of aliphatic carboxylic acids is 2. The lowest BCUT2D eigenvalue weighted by Gasteiger charge is -2.29. The molecule has 6 atom stereocenters. The van der Waals surface area contributed by atoms with Gasteiger partial charge in [0.15, 0.2) is 0 Å². The van der Waals surface area contributed by atoms with Crippen LogP contribution in [0.25, 0.3) is 0 Å². The molecular weight excluding hydrogens is 696 g/mol. The van der Waals surface area contributed by atoms with Crippen molar-refractivity contribution < 1.29 is 43.8 Å². The highest BCUT2D eigenvalue weighted by molar-refractivity contribution is 5.97. The highest BCUT2D eigenvalue weighted by atomic mass is 16.4. The van der Waals surface area contributed by atoms with Gasteiger partial charge in [-0.15, -0.1) is 0 Å². The van der Waals surface area contributed by atoms with E-state index in [-0.39, 0.29) is 38.1 Å². The minimum absolute atomic E-state index is 0.0280. The second kappa shape index (κ2) is 20.8. The molecule has 0 aliphatic carbocycles. The molecule has 2 aromatic rings. The van der Waals surface area contributed by atoms with Gasteiger partial charge in [0.25, 0.3) is 0 Å². The molecule has 0 saturated carbocycles. The van der Waals surface area contributed by atoms with Crippen molar-refractivity contribution in [3.05, 3.63) is 71.8 Å². The summed E-state index contributed by atoms with van der Waals surface area (Å²) in [5.74, 6) is -6.32. The summed E-state index contributed by atoms with van der Waals surface area (Å²) in [6, 6.07) is 11.1. The summed E-state index contributed by atoms with van der Waals surface area (Å²) in [5, 5.41) is 29.6. The van der Waals surface area contributed by atoms with E-state index in [4.69, 9.17) is 5.73 Å². The fraction of sp³-hybridized carbons (Fsp3) is 0.513. The molecule has 1 fully saturated rings. The summed E-state index contributed by atoms with van der Waals surface area (Å²) in [6.07, 6.45) is 0.423. The van der Waals surface area contributed by atoms with Gasteiger partial charge in [-0.25, -0.2) is 4.79 Å². The van der Waals surface area contributed by atoms with Crippen molar-refractivity contribution in [1.82, 2.24) is 26.2 Å². The molecule has 15 nitrogen and oxygen atoms in total. The van der Waals surface area contributed by atoms with Gasteiger partial charge in [-0.3, -0.25) is 28.8 Å². The van der Waals surface area contributed by atoms with Crippen LogP contribution >= 0.6 is 0 Å². The normalized spacial score (nSPS) is 16.8. The first kappa shape index (κ1) is 43.1. The van der Waals surface area contributed by atoms with Crippen LogP contribution in [0.2, 0.25) is 0 Å². The number of rotatable bonds is 20. The predicted molar refractivity (Wildman–Crippen MR) is 200 cm³/mol. The molecule has 0 spiro atoms. The Morgan fingerprint density at radius 2 is 1.30 bits per heavy atom. The molecule has 15 heteroatoms. The van der Waals surface area contributed by atoms with E-state index >= 15 is 0 Å². The zero-order valence-electron chi connectivity index (χ0n) is 31.3. The summed E-state index contributed by atoms with van der Waals surface area (Å²) >= 11 is 0. The molecule has 2 aromatic carbocycles. The molecule has 54 heavy (non-hydrogen) atoms. The number of carboxylic acid groups (broad SMARTS) is 2. The average Bonchev–Trinajstić information content (AvgIpc) is 3.62. The summed E-state index contributed by atoms with van der Waals surface area (Å²) < 4.78 is 0. The van der Waals surface area contributed by atoms with Gasteiger partial charge in [-0.05, 0) is 55.1 Å². The number of nitrogens with zero attached hydrogens (tertiary/aromatic N) is 1. The van der Waals surface area contributed by atoms with Crippen LogP contribution in [0.1, 0.15) is 70.9 Å². The minimum atomic E-state index is -1.40. The van der Waals surface area contributed by atoms with Crippen LogP contribution in [0.15, 0.2) is 60.7 Å². The summed E-state index contributed by atoms with van der Waals surface area (Å²) in [7, 11) is 0.